The first kappa shape index (κ1) is 17.4. The summed E-state index contributed by atoms with van der Waals surface area (Å²) in [5.41, 5.74) is 0.653. The van der Waals surface area contributed by atoms with Crippen molar-refractivity contribution in [3.05, 3.63) is 28.2 Å². The quantitative estimate of drug-likeness (QED) is 0.746. The number of hydrogen-bond acceptors (Lipinski definition) is 3. The summed E-state index contributed by atoms with van der Waals surface area (Å²) < 4.78 is 6.54. The van der Waals surface area contributed by atoms with Crippen molar-refractivity contribution in [2.45, 2.75) is 13.3 Å². The molecule has 0 N–H and O–H groups in total. The molecule has 0 aliphatic carbocycles. The van der Waals surface area contributed by atoms with Crippen molar-refractivity contribution in [3.63, 3.8) is 0 Å². The van der Waals surface area contributed by atoms with E-state index >= 15 is 0 Å². The lowest BCUT2D eigenvalue weighted by atomic mass is 10.1. The van der Waals surface area contributed by atoms with Crippen LogP contribution in [0.15, 0.2) is 22.7 Å². The molecule has 0 heterocycles. The minimum absolute atomic E-state index is 0. The van der Waals surface area contributed by atoms with Crippen LogP contribution in [0.25, 0.3) is 0 Å². The van der Waals surface area contributed by atoms with Crippen molar-refractivity contribution in [2.75, 3.05) is 27.2 Å². The van der Waals surface area contributed by atoms with Gasteiger partial charge in [0.05, 0.1) is 5.56 Å². The molecule has 1 rings (SSSR count). The molecule has 0 spiro atoms. The first-order valence-electron chi connectivity index (χ1n) is 5.65. The van der Waals surface area contributed by atoms with Crippen molar-refractivity contribution < 1.29 is 9.53 Å². The molecule has 0 bridgehead atoms. The zero-order valence-electron chi connectivity index (χ0n) is 10.9. The summed E-state index contributed by atoms with van der Waals surface area (Å²) in [4.78, 5) is 13.8. The predicted molar refractivity (Wildman–Crippen MR) is 80.1 cm³/mol. The molecule has 18 heavy (non-hydrogen) atoms. The highest BCUT2D eigenvalue weighted by Gasteiger charge is 2.11. The first-order chi connectivity index (χ1) is 8.04. The molecule has 1 aromatic rings. The van der Waals surface area contributed by atoms with E-state index < -0.39 is 0 Å². The third-order valence-electron chi connectivity index (χ3n) is 2.36. The highest BCUT2D eigenvalue weighted by atomic mass is 79.9. The highest BCUT2D eigenvalue weighted by molar-refractivity contribution is 9.10. The number of ether oxygens (including phenoxy) is 1. The summed E-state index contributed by atoms with van der Waals surface area (Å²) in [5, 5.41) is 0. The molecule has 0 radical (unpaired) electrons. The summed E-state index contributed by atoms with van der Waals surface area (Å²) in [6.07, 6.45) is 0.487. The molecule has 5 heteroatoms. The van der Waals surface area contributed by atoms with Crippen LogP contribution >= 0.6 is 28.3 Å². The lowest BCUT2D eigenvalue weighted by Crippen LogP contribution is -2.20. The molecule has 0 atom stereocenters. The number of carbonyl (C=O) groups excluding carboxylic acids is 1. The second kappa shape index (κ2) is 8.51. The largest absolute Gasteiger partial charge is 0.491 e. The fourth-order valence-corrected chi connectivity index (χ4v) is 1.74. The molecule has 0 unspecified atom stereocenters. The van der Waals surface area contributed by atoms with E-state index in [1.165, 1.54) is 0 Å². The van der Waals surface area contributed by atoms with E-state index in [0.29, 0.717) is 24.3 Å². The van der Waals surface area contributed by atoms with E-state index in [1.54, 1.807) is 0 Å². The summed E-state index contributed by atoms with van der Waals surface area (Å²) in [5.74, 6) is 0.771. The molecule has 0 amide bonds. The van der Waals surface area contributed by atoms with Gasteiger partial charge in [-0.2, -0.15) is 0 Å². The molecule has 0 aromatic heterocycles. The topological polar surface area (TPSA) is 29.5 Å². The maximum atomic E-state index is 11.8. The molecule has 0 aliphatic heterocycles. The molecule has 0 saturated carbocycles. The zero-order chi connectivity index (χ0) is 12.8. The van der Waals surface area contributed by atoms with Gasteiger partial charge in [-0.25, -0.2) is 0 Å². The van der Waals surface area contributed by atoms with Gasteiger partial charge < -0.3 is 9.64 Å². The molecule has 0 aliphatic rings. The van der Waals surface area contributed by atoms with Gasteiger partial charge in [-0.05, 0) is 32.3 Å². The number of rotatable bonds is 6. The van der Waals surface area contributed by atoms with Crippen LogP contribution in [0.1, 0.15) is 23.7 Å². The van der Waals surface area contributed by atoms with Crippen LogP contribution < -0.4 is 4.74 Å². The van der Waals surface area contributed by atoms with Crippen LogP contribution in [0, 0.1) is 0 Å². The summed E-state index contributed by atoms with van der Waals surface area (Å²) in [6.45, 7) is 3.27. The number of Topliss-reactive ketones (excluding diaryl/α,β-unsaturated/α-hetero) is 1. The van der Waals surface area contributed by atoms with Crippen LogP contribution in [-0.4, -0.2) is 37.9 Å². The molecular formula is C13H19BrClNO2. The van der Waals surface area contributed by atoms with Crippen LogP contribution in [0.3, 0.4) is 0 Å². The van der Waals surface area contributed by atoms with Gasteiger partial charge in [-0.15, -0.1) is 12.4 Å². The van der Waals surface area contributed by atoms with E-state index in [9.17, 15) is 4.79 Å². The van der Waals surface area contributed by atoms with E-state index in [2.05, 4.69) is 15.9 Å². The number of carbonyl (C=O) groups is 1. The standard InChI is InChI=1S/C13H18BrNO2.ClH/c1-4-12(16)11-9-10(14)5-6-13(11)17-8-7-15(2)3;/h5-6,9H,4,7-8H2,1-3H3;1H. The zero-order valence-corrected chi connectivity index (χ0v) is 13.3. The SMILES string of the molecule is CCC(=O)c1cc(Br)ccc1OCCN(C)C.Cl. The monoisotopic (exact) mass is 335 g/mol. The van der Waals surface area contributed by atoms with Gasteiger partial charge in [0.2, 0.25) is 0 Å². The maximum Gasteiger partial charge on any atom is 0.166 e. The van der Waals surface area contributed by atoms with Crippen molar-refractivity contribution >= 4 is 34.1 Å². The minimum Gasteiger partial charge on any atom is -0.491 e. The van der Waals surface area contributed by atoms with Gasteiger partial charge in [-0.3, -0.25) is 4.79 Å². The first-order valence-corrected chi connectivity index (χ1v) is 6.44. The van der Waals surface area contributed by atoms with E-state index in [0.717, 1.165) is 11.0 Å². The number of hydrogen-bond donors (Lipinski definition) is 0. The van der Waals surface area contributed by atoms with E-state index in [-0.39, 0.29) is 18.2 Å². The predicted octanol–water partition coefficient (Wildman–Crippen LogP) is 3.40. The number of likely N-dealkylation sites (N-methyl/N-ethyl adjacent to an activating group) is 1. The van der Waals surface area contributed by atoms with Crippen LogP contribution in [0.5, 0.6) is 5.75 Å². The Morgan fingerprint density at radius 1 is 1.39 bits per heavy atom. The molecule has 0 fully saturated rings. The average molecular weight is 337 g/mol. The van der Waals surface area contributed by atoms with Crippen molar-refractivity contribution in [3.8, 4) is 5.75 Å². The normalized spacial score (nSPS) is 10.1. The van der Waals surface area contributed by atoms with Crippen LogP contribution in [0.4, 0.5) is 0 Å². The van der Waals surface area contributed by atoms with Crippen LogP contribution in [-0.2, 0) is 0 Å². The summed E-state index contributed by atoms with van der Waals surface area (Å²) in [7, 11) is 3.98. The van der Waals surface area contributed by atoms with Gasteiger partial charge in [0.15, 0.2) is 5.78 Å². The number of nitrogens with zero attached hydrogens (tertiary/aromatic N) is 1. The van der Waals surface area contributed by atoms with Gasteiger partial charge >= 0.3 is 0 Å². The van der Waals surface area contributed by atoms with Gasteiger partial charge in [-0.1, -0.05) is 22.9 Å². The Bertz CT molecular complexity index is 397. The minimum atomic E-state index is 0. The Morgan fingerprint density at radius 3 is 2.61 bits per heavy atom. The van der Waals surface area contributed by atoms with Crippen molar-refractivity contribution in [2.24, 2.45) is 0 Å². The number of ketones is 1. The number of benzene rings is 1. The Hall–Kier alpha value is -0.580. The second-order valence-electron chi connectivity index (χ2n) is 4.07. The molecule has 3 nitrogen and oxygen atoms in total. The highest BCUT2D eigenvalue weighted by Crippen LogP contribution is 2.24. The van der Waals surface area contributed by atoms with Crippen molar-refractivity contribution in [1.82, 2.24) is 4.90 Å². The van der Waals surface area contributed by atoms with Crippen LogP contribution in [0.2, 0.25) is 0 Å². The second-order valence-corrected chi connectivity index (χ2v) is 4.98. The lowest BCUT2D eigenvalue weighted by molar-refractivity contribution is 0.0983. The molecule has 0 saturated heterocycles. The van der Waals surface area contributed by atoms with Crippen molar-refractivity contribution in [1.29, 1.82) is 0 Å². The van der Waals surface area contributed by atoms with Gasteiger partial charge in [0.25, 0.3) is 0 Å². The molecule has 1 aromatic carbocycles. The maximum absolute atomic E-state index is 11.8. The van der Waals surface area contributed by atoms with Gasteiger partial charge in [0.1, 0.15) is 12.4 Å². The molecular weight excluding hydrogens is 318 g/mol. The summed E-state index contributed by atoms with van der Waals surface area (Å²) in [6, 6.07) is 5.54. The van der Waals surface area contributed by atoms with E-state index in [1.807, 2.05) is 44.1 Å². The Labute approximate surface area is 123 Å². The fourth-order valence-electron chi connectivity index (χ4n) is 1.37. The average Bonchev–Trinajstić information content (AvgIpc) is 2.29. The third-order valence-corrected chi connectivity index (χ3v) is 2.85. The fraction of sp³-hybridized carbons (Fsp3) is 0.462. The Kier molecular flexibility index (Phi) is 8.24. The Morgan fingerprint density at radius 2 is 2.06 bits per heavy atom. The number of halogens is 2. The van der Waals surface area contributed by atoms with Gasteiger partial charge in [0, 0.05) is 17.4 Å². The summed E-state index contributed by atoms with van der Waals surface area (Å²) >= 11 is 3.37. The smallest absolute Gasteiger partial charge is 0.166 e. The molecule has 102 valence electrons. The van der Waals surface area contributed by atoms with E-state index in [4.69, 9.17) is 4.74 Å². The lowest BCUT2D eigenvalue weighted by Gasteiger charge is -2.13. The Balaban J connectivity index is 0.00000289. The third kappa shape index (κ3) is 5.38.